The van der Waals surface area contributed by atoms with Crippen LogP contribution in [0.5, 0.6) is 0 Å². The van der Waals surface area contributed by atoms with Crippen molar-refractivity contribution >= 4 is 10.3 Å². The monoisotopic (exact) mass is 322 g/mol. The normalized spacial score (nSPS) is 10.7. The van der Waals surface area contributed by atoms with Crippen LogP contribution in [0.15, 0.2) is 36.4 Å². The van der Waals surface area contributed by atoms with E-state index < -0.39 is 11.4 Å². The number of rotatable bonds is 1. The number of para-hydroxylation sites is 1. The van der Waals surface area contributed by atoms with E-state index in [1.807, 2.05) is 29.8 Å². The van der Waals surface area contributed by atoms with Crippen LogP contribution in [0.2, 0.25) is 0 Å². The molecule has 20 heavy (non-hydrogen) atoms. The molecule has 1 aromatic heterocycles. The molecule has 102 valence electrons. The van der Waals surface area contributed by atoms with Crippen molar-refractivity contribution in [3.8, 4) is 5.69 Å². The summed E-state index contributed by atoms with van der Waals surface area (Å²) in [4.78, 5) is 9.91. The number of hydrogen-bond donors (Lipinski definition) is 0. The number of benzene rings is 1. The van der Waals surface area contributed by atoms with Gasteiger partial charge in [-0.1, -0.05) is 20.8 Å². The van der Waals surface area contributed by atoms with Gasteiger partial charge in [-0.05, 0) is 0 Å². The molecule has 0 N–H and O–H groups in total. The first-order valence-corrected chi connectivity index (χ1v) is 7.85. The number of carboxylic acids is 1. The van der Waals surface area contributed by atoms with Gasteiger partial charge in [0.25, 0.3) is 0 Å². The van der Waals surface area contributed by atoms with Crippen LogP contribution in [0.1, 0.15) is 26.5 Å². The molecule has 0 saturated heterocycles. The fraction of sp³-hybridized carbons (Fsp3) is 0.333. The molecule has 4 nitrogen and oxygen atoms in total. The minimum absolute atomic E-state index is 0.694. The maximum atomic E-state index is 9.91. The van der Waals surface area contributed by atoms with Gasteiger partial charge in [-0.2, -0.15) is 0 Å². The molecule has 0 aliphatic carbocycles. The van der Waals surface area contributed by atoms with Gasteiger partial charge in [0.1, 0.15) is 0 Å². The van der Waals surface area contributed by atoms with Crippen LogP contribution in [0, 0.1) is 12.3 Å². The van der Waals surface area contributed by atoms with E-state index in [0.29, 0.717) is 0 Å². The van der Waals surface area contributed by atoms with Crippen LogP contribution in [-0.2, 0) is 23.1 Å². The van der Waals surface area contributed by atoms with Gasteiger partial charge in [-0.3, -0.25) is 0 Å². The van der Waals surface area contributed by atoms with Crippen LogP contribution in [0.25, 0.3) is 5.69 Å². The molecule has 0 spiro atoms. The number of carboxylic acid groups (broad SMARTS) is 1. The molecule has 0 saturated carbocycles. The summed E-state index contributed by atoms with van der Waals surface area (Å²) in [5, 5.41) is 14.3. The summed E-state index contributed by atoms with van der Waals surface area (Å²) in [6.45, 7) is 6.82. The molecule has 5 heteroatoms. The van der Waals surface area contributed by atoms with Crippen LogP contribution in [0.3, 0.4) is 0 Å². The molecule has 0 fully saturated rings. The minimum atomic E-state index is -1.01. The van der Waals surface area contributed by atoms with Crippen LogP contribution >= 0.6 is 0 Å². The molecule has 1 aromatic carbocycles. The Balaban J connectivity index is 0.000000246. The Labute approximate surface area is 129 Å². The Kier molecular flexibility index (Phi) is 5.64. The molecule has 2 aromatic rings. The van der Waals surface area contributed by atoms with Crippen molar-refractivity contribution in [1.82, 2.24) is 9.78 Å². The number of nitrogens with zero attached hydrogens (tertiary/aromatic N) is 2. The second-order valence-corrected chi connectivity index (χ2v) is 7.08. The summed E-state index contributed by atoms with van der Waals surface area (Å²) < 4.78 is 3.30. The van der Waals surface area contributed by atoms with E-state index in [1.54, 1.807) is 20.8 Å². The van der Waals surface area contributed by atoms with Gasteiger partial charge >= 0.3 is 87.1 Å². The Hall–Kier alpha value is -1.48. The third-order valence-corrected chi connectivity index (χ3v) is 3.58. The van der Waals surface area contributed by atoms with Crippen molar-refractivity contribution in [2.45, 2.75) is 27.7 Å². The zero-order valence-electron chi connectivity index (χ0n) is 12.4. The molecule has 0 radical (unpaired) electrons. The van der Waals surface area contributed by atoms with Gasteiger partial charge < -0.3 is 9.90 Å². The molecular formula is C15H18N2O2Zn. The van der Waals surface area contributed by atoms with E-state index in [9.17, 15) is 9.90 Å². The number of carbonyl (C=O) groups excluding carboxylic acids is 1. The number of carbonyl (C=O) groups is 1. The molecule has 0 amide bonds. The maximum absolute atomic E-state index is 9.91. The predicted molar refractivity (Wildman–Crippen MR) is 72.4 cm³/mol. The predicted octanol–water partition coefficient (Wildman–Crippen LogP) is 1.14. The van der Waals surface area contributed by atoms with Gasteiger partial charge in [0.05, 0.1) is 0 Å². The Morgan fingerprint density at radius 2 is 1.75 bits per heavy atom. The van der Waals surface area contributed by atoms with Crippen molar-refractivity contribution in [3.05, 3.63) is 42.1 Å². The molecule has 2 rings (SSSR count). The van der Waals surface area contributed by atoms with E-state index in [1.165, 1.54) is 4.29 Å². The molecule has 0 atom stereocenters. The summed E-state index contributed by atoms with van der Waals surface area (Å²) in [5.41, 5.74) is 1.54. The topological polar surface area (TPSA) is 57.9 Å². The van der Waals surface area contributed by atoms with E-state index >= 15 is 0 Å². The number of aryl methyl sites for hydroxylation is 1. The van der Waals surface area contributed by atoms with Gasteiger partial charge in [-0.15, -0.1) is 0 Å². The first kappa shape index (κ1) is 16.6. The zero-order valence-corrected chi connectivity index (χ0v) is 15.3. The van der Waals surface area contributed by atoms with Gasteiger partial charge in [0.15, 0.2) is 0 Å². The number of hydrogen-bond acceptors (Lipinski definition) is 3. The van der Waals surface area contributed by atoms with Crippen LogP contribution in [-0.4, -0.2) is 15.7 Å². The van der Waals surface area contributed by atoms with E-state index in [0.717, 1.165) is 29.7 Å². The zero-order chi connectivity index (χ0) is 15.3. The Morgan fingerprint density at radius 3 is 2.10 bits per heavy atom. The van der Waals surface area contributed by atoms with Gasteiger partial charge in [0, 0.05) is 11.4 Å². The van der Waals surface area contributed by atoms with E-state index in [2.05, 4.69) is 23.3 Å². The first-order chi connectivity index (χ1) is 9.21. The van der Waals surface area contributed by atoms with Gasteiger partial charge in [0.2, 0.25) is 0 Å². The van der Waals surface area contributed by atoms with Crippen molar-refractivity contribution < 1.29 is 28.2 Å². The fourth-order valence-electron chi connectivity index (χ4n) is 1.35. The average molecular weight is 324 g/mol. The SMILES string of the molecule is CC(C)(C)C(=O)[O-].Cc1c[c]([Zn+])n(-c2ccccc2)n1. The summed E-state index contributed by atoms with van der Waals surface area (Å²) in [6.07, 6.45) is 0. The summed E-state index contributed by atoms with van der Waals surface area (Å²) in [5.74, 6) is -1.01. The second-order valence-electron chi connectivity index (χ2n) is 5.56. The summed E-state index contributed by atoms with van der Waals surface area (Å²) in [7, 11) is 0. The Morgan fingerprint density at radius 1 is 1.25 bits per heavy atom. The van der Waals surface area contributed by atoms with Crippen molar-refractivity contribution in [1.29, 1.82) is 0 Å². The van der Waals surface area contributed by atoms with Crippen molar-refractivity contribution in [3.63, 3.8) is 0 Å². The Bertz CT molecular complexity index is 571. The summed E-state index contributed by atoms with van der Waals surface area (Å²) in [6, 6.07) is 12.4. The van der Waals surface area contributed by atoms with Crippen molar-refractivity contribution in [2.24, 2.45) is 5.41 Å². The van der Waals surface area contributed by atoms with E-state index in [-0.39, 0.29) is 0 Å². The third-order valence-electron chi connectivity index (χ3n) is 2.52. The molecule has 1 heterocycles. The fourth-order valence-corrected chi connectivity index (χ4v) is 2.50. The average Bonchev–Trinajstić information content (AvgIpc) is 2.69. The van der Waals surface area contributed by atoms with Gasteiger partial charge in [-0.25, -0.2) is 0 Å². The summed E-state index contributed by atoms with van der Waals surface area (Å²) >= 11 is 1.13. The van der Waals surface area contributed by atoms with Crippen LogP contribution in [0.4, 0.5) is 0 Å². The molecule has 0 aliphatic heterocycles. The standard InChI is InChI=1S/C10H9N2.C5H10O2.Zn/c1-9-7-8-12(11-9)10-5-3-2-4-6-10;1-5(2,3)4(6)7;/h2-7H,1H3;1-3H3,(H,6,7);/q;;+1/p-1. The molecule has 0 bridgehead atoms. The first-order valence-electron chi connectivity index (χ1n) is 6.37. The molecular weight excluding hydrogens is 306 g/mol. The van der Waals surface area contributed by atoms with Crippen LogP contribution < -0.4 is 9.39 Å². The number of aromatic nitrogens is 2. The molecule has 0 aliphatic rings. The number of aliphatic carboxylic acids is 1. The quantitative estimate of drug-likeness (QED) is 0.739. The third kappa shape index (κ3) is 4.89. The van der Waals surface area contributed by atoms with Crippen molar-refractivity contribution in [2.75, 3.05) is 0 Å². The van der Waals surface area contributed by atoms with E-state index in [4.69, 9.17) is 0 Å². The molecule has 0 unspecified atom stereocenters. The second kappa shape index (κ2) is 6.80.